The van der Waals surface area contributed by atoms with Gasteiger partial charge in [-0.25, -0.2) is 9.69 Å². The maximum absolute atomic E-state index is 13.0. The Morgan fingerprint density at radius 1 is 0.966 bits per heavy atom. The Morgan fingerprint density at radius 2 is 1.41 bits per heavy atom. The standard InChI is InChI=1S/C20H30N4O5/c1-13(23(6)18(28)29-12-14-10-8-7-9-11-14)15(25)24(16(26)19(2,3)21)17(27)20(4,5)22/h7-11,13H,12,21-22H2,1-6H3/t13-/m0/s1. The third kappa shape index (κ3) is 6.37. The molecule has 160 valence electrons. The number of rotatable bonds is 6. The molecule has 0 spiro atoms. The Bertz CT molecular complexity index is 739. The summed E-state index contributed by atoms with van der Waals surface area (Å²) in [6, 6.07) is 7.84. The highest BCUT2D eigenvalue weighted by Crippen LogP contribution is 2.15. The lowest BCUT2D eigenvalue weighted by molar-refractivity contribution is -0.160. The van der Waals surface area contributed by atoms with Gasteiger partial charge in [-0.1, -0.05) is 30.3 Å². The molecule has 0 bridgehead atoms. The molecule has 0 radical (unpaired) electrons. The maximum Gasteiger partial charge on any atom is 0.410 e. The number of hydrogen-bond acceptors (Lipinski definition) is 7. The first-order chi connectivity index (χ1) is 13.2. The molecule has 0 unspecified atom stereocenters. The normalized spacial score (nSPS) is 12.7. The number of nitrogens with two attached hydrogens (primary N) is 2. The molecule has 4 amide bonds. The molecule has 0 aliphatic carbocycles. The number of benzene rings is 1. The van der Waals surface area contributed by atoms with Gasteiger partial charge in [0.25, 0.3) is 17.7 Å². The monoisotopic (exact) mass is 406 g/mol. The lowest BCUT2D eigenvalue weighted by atomic mass is 10.00. The highest BCUT2D eigenvalue weighted by molar-refractivity contribution is 6.16. The predicted molar refractivity (Wildman–Crippen MR) is 107 cm³/mol. The number of ether oxygens (including phenoxy) is 1. The smallest absolute Gasteiger partial charge is 0.410 e. The first-order valence-corrected chi connectivity index (χ1v) is 9.12. The number of carbonyl (C=O) groups is 4. The topological polar surface area (TPSA) is 136 Å². The molecule has 0 heterocycles. The Kier molecular flexibility index (Phi) is 7.65. The highest BCUT2D eigenvalue weighted by Gasteiger charge is 2.43. The van der Waals surface area contributed by atoms with E-state index in [4.69, 9.17) is 16.2 Å². The second-order valence-corrected chi connectivity index (χ2v) is 8.05. The molecule has 0 aromatic heterocycles. The van der Waals surface area contributed by atoms with Gasteiger partial charge >= 0.3 is 6.09 Å². The Morgan fingerprint density at radius 3 is 1.83 bits per heavy atom. The first-order valence-electron chi connectivity index (χ1n) is 9.12. The van der Waals surface area contributed by atoms with Gasteiger partial charge in [0.15, 0.2) is 0 Å². The second-order valence-electron chi connectivity index (χ2n) is 8.05. The van der Waals surface area contributed by atoms with Gasteiger partial charge < -0.3 is 16.2 Å². The van der Waals surface area contributed by atoms with E-state index >= 15 is 0 Å². The van der Waals surface area contributed by atoms with Gasteiger partial charge in [-0.2, -0.15) is 0 Å². The number of hydrogen-bond donors (Lipinski definition) is 2. The van der Waals surface area contributed by atoms with Crippen molar-refractivity contribution in [3.05, 3.63) is 35.9 Å². The van der Waals surface area contributed by atoms with Crippen molar-refractivity contribution >= 4 is 23.8 Å². The number of nitrogens with zero attached hydrogens (tertiary/aromatic N) is 2. The zero-order valence-corrected chi connectivity index (χ0v) is 17.8. The van der Waals surface area contributed by atoms with Gasteiger partial charge in [-0.05, 0) is 40.2 Å². The largest absolute Gasteiger partial charge is 0.445 e. The van der Waals surface area contributed by atoms with Gasteiger partial charge in [0.2, 0.25) is 0 Å². The summed E-state index contributed by atoms with van der Waals surface area (Å²) in [4.78, 5) is 52.1. The van der Waals surface area contributed by atoms with Gasteiger partial charge in [-0.15, -0.1) is 0 Å². The van der Waals surface area contributed by atoms with Crippen molar-refractivity contribution in [1.82, 2.24) is 9.80 Å². The summed E-state index contributed by atoms with van der Waals surface area (Å²) in [6.45, 7) is 6.87. The molecule has 1 aromatic carbocycles. The third-order valence-corrected chi connectivity index (χ3v) is 4.16. The van der Waals surface area contributed by atoms with Crippen molar-refractivity contribution in [2.75, 3.05) is 7.05 Å². The van der Waals surface area contributed by atoms with E-state index in [1.807, 2.05) is 6.07 Å². The lowest BCUT2D eigenvalue weighted by Crippen LogP contribution is -2.64. The van der Waals surface area contributed by atoms with Crippen molar-refractivity contribution in [2.45, 2.75) is 58.3 Å². The maximum atomic E-state index is 13.0. The van der Waals surface area contributed by atoms with Crippen LogP contribution in [-0.2, 0) is 25.7 Å². The van der Waals surface area contributed by atoms with E-state index < -0.39 is 40.9 Å². The molecule has 0 fully saturated rings. The molecule has 4 N–H and O–H groups in total. The third-order valence-electron chi connectivity index (χ3n) is 4.16. The fraction of sp³-hybridized carbons (Fsp3) is 0.500. The van der Waals surface area contributed by atoms with E-state index in [1.165, 1.54) is 41.7 Å². The molecule has 0 aliphatic heterocycles. The molecule has 9 heteroatoms. The SMILES string of the molecule is C[C@@H](C(=O)N(C(=O)C(C)(C)N)C(=O)C(C)(C)N)N(C)C(=O)OCc1ccccc1. The van der Waals surface area contributed by atoms with Gasteiger partial charge in [-0.3, -0.25) is 19.3 Å². The fourth-order valence-corrected chi connectivity index (χ4v) is 2.20. The van der Waals surface area contributed by atoms with E-state index in [2.05, 4.69) is 0 Å². The van der Waals surface area contributed by atoms with E-state index in [9.17, 15) is 19.2 Å². The summed E-state index contributed by atoms with van der Waals surface area (Å²) >= 11 is 0. The zero-order chi connectivity index (χ0) is 22.6. The van der Waals surface area contributed by atoms with Crippen LogP contribution >= 0.6 is 0 Å². The zero-order valence-electron chi connectivity index (χ0n) is 17.8. The predicted octanol–water partition coefficient (Wildman–Crippen LogP) is 1.000. The summed E-state index contributed by atoms with van der Waals surface area (Å²) in [5.41, 5.74) is 9.39. The molecule has 1 rings (SSSR count). The Labute approximate surface area is 170 Å². The molecule has 0 saturated carbocycles. The quantitative estimate of drug-likeness (QED) is 0.719. The molecule has 0 aliphatic rings. The van der Waals surface area contributed by atoms with Crippen LogP contribution in [0.4, 0.5) is 4.79 Å². The average molecular weight is 406 g/mol. The number of amides is 4. The lowest BCUT2D eigenvalue weighted by Gasteiger charge is -2.34. The summed E-state index contributed by atoms with van der Waals surface area (Å²) in [5, 5.41) is 0. The molecule has 29 heavy (non-hydrogen) atoms. The Balaban J connectivity index is 3.00. The minimum Gasteiger partial charge on any atom is -0.445 e. The fourth-order valence-electron chi connectivity index (χ4n) is 2.20. The minimum absolute atomic E-state index is 0.0121. The van der Waals surface area contributed by atoms with Crippen LogP contribution < -0.4 is 11.5 Å². The van der Waals surface area contributed by atoms with Crippen LogP contribution in [0.5, 0.6) is 0 Å². The average Bonchev–Trinajstić information content (AvgIpc) is 2.64. The van der Waals surface area contributed by atoms with Crippen LogP contribution in [-0.4, -0.2) is 57.8 Å². The second kappa shape index (κ2) is 9.15. The summed E-state index contributed by atoms with van der Waals surface area (Å²) in [5.74, 6) is -2.75. The van der Waals surface area contributed by atoms with Gasteiger partial charge in [0, 0.05) is 7.05 Å². The summed E-state index contributed by atoms with van der Waals surface area (Å²) in [6.07, 6.45) is -0.784. The van der Waals surface area contributed by atoms with E-state index in [0.717, 1.165) is 10.5 Å². The van der Waals surface area contributed by atoms with E-state index in [-0.39, 0.29) is 6.61 Å². The van der Waals surface area contributed by atoms with Crippen molar-refractivity contribution in [3.63, 3.8) is 0 Å². The van der Waals surface area contributed by atoms with E-state index in [1.54, 1.807) is 24.3 Å². The van der Waals surface area contributed by atoms with Crippen molar-refractivity contribution in [1.29, 1.82) is 0 Å². The number of imide groups is 3. The van der Waals surface area contributed by atoms with Crippen LogP contribution in [0.3, 0.4) is 0 Å². The molecule has 0 saturated heterocycles. The van der Waals surface area contributed by atoms with Crippen LogP contribution in [0, 0.1) is 0 Å². The number of carbonyl (C=O) groups excluding carboxylic acids is 4. The molecular formula is C20H30N4O5. The van der Waals surface area contributed by atoms with Crippen molar-refractivity contribution < 1.29 is 23.9 Å². The molecule has 1 aromatic rings. The number of likely N-dealkylation sites (N-methyl/N-ethyl adjacent to an activating group) is 1. The highest BCUT2D eigenvalue weighted by atomic mass is 16.6. The van der Waals surface area contributed by atoms with Gasteiger partial charge in [0.1, 0.15) is 12.6 Å². The van der Waals surface area contributed by atoms with E-state index in [0.29, 0.717) is 4.90 Å². The molecule has 9 nitrogen and oxygen atoms in total. The van der Waals surface area contributed by atoms with Crippen LogP contribution in [0.1, 0.15) is 40.2 Å². The van der Waals surface area contributed by atoms with Crippen LogP contribution in [0.15, 0.2) is 30.3 Å². The molecular weight excluding hydrogens is 376 g/mol. The first kappa shape index (κ1) is 24.3. The summed E-state index contributed by atoms with van der Waals surface area (Å²) < 4.78 is 5.19. The molecule has 1 atom stereocenters. The summed E-state index contributed by atoms with van der Waals surface area (Å²) in [7, 11) is 1.34. The minimum atomic E-state index is -1.50. The van der Waals surface area contributed by atoms with Gasteiger partial charge in [0.05, 0.1) is 11.1 Å². The Hall–Kier alpha value is -2.78. The van der Waals surface area contributed by atoms with Crippen LogP contribution in [0.25, 0.3) is 0 Å². The van der Waals surface area contributed by atoms with Crippen molar-refractivity contribution in [3.8, 4) is 0 Å². The van der Waals surface area contributed by atoms with Crippen molar-refractivity contribution in [2.24, 2.45) is 11.5 Å². The van der Waals surface area contributed by atoms with Crippen LogP contribution in [0.2, 0.25) is 0 Å².